The highest BCUT2D eigenvalue weighted by Gasteiger charge is 2.24. The molecule has 0 bridgehead atoms. The summed E-state index contributed by atoms with van der Waals surface area (Å²) in [7, 11) is 0. The number of rotatable bonds is 3. The summed E-state index contributed by atoms with van der Waals surface area (Å²) in [6, 6.07) is 4.10. The van der Waals surface area contributed by atoms with E-state index in [0.717, 1.165) is 12.8 Å². The van der Waals surface area contributed by atoms with Gasteiger partial charge in [0.2, 0.25) is 0 Å². The van der Waals surface area contributed by atoms with Crippen LogP contribution in [0.3, 0.4) is 0 Å². The second kappa shape index (κ2) is 8.34. The van der Waals surface area contributed by atoms with Gasteiger partial charge in [-0.1, -0.05) is 30.7 Å². The number of thioether (sulfide) groups is 1. The Hall–Kier alpha value is -2.72. The number of aliphatic imine (C=N–C) groups is 1. The van der Waals surface area contributed by atoms with Crippen molar-refractivity contribution in [2.45, 2.75) is 37.5 Å². The van der Waals surface area contributed by atoms with Crippen molar-refractivity contribution < 1.29 is 8.78 Å². The summed E-state index contributed by atoms with van der Waals surface area (Å²) in [6.45, 7) is 2.03. The normalized spacial score (nSPS) is 21.9. The quantitative estimate of drug-likeness (QED) is 0.744. The third kappa shape index (κ3) is 5.01. The molecular weight excluding hydrogens is 390 g/mol. The van der Waals surface area contributed by atoms with Gasteiger partial charge in [0.05, 0.1) is 18.4 Å². The molecule has 4 nitrogen and oxygen atoms in total. The predicted octanol–water partition coefficient (Wildman–Crippen LogP) is 4.73. The first-order valence-corrected chi connectivity index (χ1v) is 10.4. The zero-order chi connectivity index (χ0) is 20.4. The zero-order valence-corrected chi connectivity index (χ0v) is 16.7. The first-order valence-electron chi connectivity index (χ1n) is 9.48. The number of benzene rings is 1. The monoisotopic (exact) mass is 410 g/mol. The Morgan fingerprint density at radius 2 is 2.10 bits per heavy atom. The molecule has 7 heteroatoms. The van der Waals surface area contributed by atoms with Crippen LogP contribution in [0.4, 0.5) is 8.78 Å². The van der Waals surface area contributed by atoms with E-state index in [4.69, 9.17) is 5.73 Å². The van der Waals surface area contributed by atoms with Crippen molar-refractivity contribution >= 4 is 28.8 Å². The number of halogens is 2. The van der Waals surface area contributed by atoms with Gasteiger partial charge in [-0.3, -0.25) is 4.99 Å². The van der Waals surface area contributed by atoms with Gasteiger partial charge in [0.25, 0.3) is 0 Å². The van der Waals surface area contributed by atoms with Gasteiger partial charge in [-0.15, -0.1) is 0 Å². The molecule has 2 atom stereocenters. The molecule has 2 N–H and O–H groups in total. The van der Waals surface area contributed by atoms with Gasteiger partial charge in [0.15, 0.2) is 11.0 Å². The Labute approximate surface area is 172 Å². The fourth-order valence-corrected chi connectivity index (χ4v) is 3.93. The maximum Gasteiger partial charge on any atom is 0.154 e. The molecule has 2 aliphatic rings. The smallest absolute Gasteiger partial charge is 0.154 e. The summed E-state index contributed by atoms with van der Waals surface area (Å²) in [5.41, 5.74) is 7.42. The fraction of sp³-hybridized carbons (Fsp3) is 0.318. The minimum atomic E-state index is -0.549. The minimum absolute atomic E-state index is 0.109. The average molecular weight is 410 g/mol. The molecular formula is C22H20F2N4S. The molecule has 1 aliphatic heterocycles. The Kier molecular flexibility index (Phi) is 5.63. The molecule has 29 heavy (non-hydrogen) atoms. The maximum atomic E-state index is 14.7. The SMILES string of the molecule is CC1CC(c2cc(/C=C(\F)c3cnc(C#CC4CC4)cn3)ccc2F)N=C(N)S1. The van der Waals surface area contributed by atoms with E-state index in [1.807, 2.05) is 6.92 Å². The Bertz CT molecular complexity index is 1030. The third-order valence-electron chi connectivity index (χ3n) is 4.71. The highest BCUT2D eigenvalue weighted by Crippen LogP contribution is 2.35. The van der Waals surface area contributed by atoms with E-state index in [-0.39, 0.29) is 22.8 Å². The molecule has 0 radical (unpaired) electrons. The van der Waals surface area contributed by atoms with Gasteiger partial charge in [-0.2, -0.15) is 0 Å². The van der Waals surface area contributed by atoms with Crippen LogP contribution in [-0.2, 0) is 0 Å². The molecule has 1 saturated carbocycles. The van der Waals surface area contributed by atoms with Crippen molar-refractivity contribution in [1.82, 2.24) is 9.97 Å². The second-order valence-corrected chi connectivity index (χ2v) is 8.71. The first-order chi connectivity index (χ1) is 14.0. The summed E-state index contributed by atoms with van der Waals surface area (Å²) >= 11 is 1.48. The highest BCUT2D eigenvalue weighted by molar-refractivity contribution is 8.14. The largest absolute Gasteiger partial charge is 0.379 e. The van der Waals surface area contributed by atoms with E-state index in [0.29, 0.717) is 34.3 Å². The van der Waals surface area contributed by atoms with Crippen LogP contribution in [0.5, 0.6) is 0 Å². The van der Waals surface area contributed by atoms with Crippen molar-refractivity contribution in [3.63, 3.8) is 0 Å². The number of hydrogen-bond acceptors (Lipinski definition) is 5. The molecule has 2 aromatic rings. The lowest BCUT2D eigenvalue weighted by Gasteiger charge is -2.23. The van der Waals surface area contributed by atoms with Gasteiger partial charge >= 0.3 is 0 Å². The van der Waals surface area contributed by atoms with Crippen molar-refractivity contribution in [3.8, 4) is 11.8 Å². The minimum Gasteiger partial charge on any atom is -0.379 e. The Morgan fingerprint density at radius 3 is 2.79 bits per heavy atom. The summed E-state index contributed by atoms with van der Waals surface area (Å²) in [5, 5.41) is 0.685. The Morgan fingerprint density at radius 1 is 1.28 bits per heavy atom. The van der Waals surface area contributed by atoms with Crippen LogP contribution in [0.1, 0.15) is 54.7 Å². The fourth-order valence-electron chi connectivity index (χ4n) is 3.05. The summed E-state index contributed by atoms with van der Waals surface area (Å²) < 4.78 is 29.0. The lowest BCUT2D eigenvalue weighted by Crippen LogP contribution is -2.21. The lowest BCUT2D eigenvalue weighted by atomic mass is 9.99. The van der Waals surface area contributed by atoms with E-state index in [9.17, 15) is 8.78 Å². The predicted molar refractivity (Wildman–Crippen MR) is 113 cm³/mol. The molecule has 1 aromatic heterocycles. The topological polar surface area (TPSA) is 64.2 Å². The maximum absolute atomic E-state index is 14.7. The molecule has 1 aliphatic carbocycles. The summed E-state index contributed by atoms with van der Waals surface area (Å²) in [6.07, 6.45) is 7.08. The van der Waals surface area contributed by atoms with E-state index in [2.05, 4.69) is 26.8 Å². The van der Waals surface area contributed by atoms with Crippen LogP contribution in [0.2, 0.25) is 0 Å². The Balaban J connectivity index is 1.56. The van der Waals surface area contributed by atoms with Gasteiger partial charge in [-0.25, -0.2) is 18.7 Å². The van der Waals surface area contributed by atoms with E-state index in [1.54, 1.807) is 6.07 Å². The summed E-state index contributed by atoms with van der Waals surface area (Å²) in [4.78, 5) is 12.6. The molecule has 1 fully saturated rings. The average Bonchev–Trinajstić information content (AvgIpc) is 3.52. The number of nitrogens with zero attached hydrogens (tertiary/aromatic N) is 3. The molecule has 148 valence electrons. The van der Waals surface area contributed by atoms with Gasteiger partial charge < -0.3 is 5.73 Å². The molecule has 0 spiro atoms. The number of aromatic nitrogens is 2. The number of nitrogens with two attached hydrogens (primary N) is 1. The van der Waals surface area contributed by atoms with Crippen molar-refractivity contribution in [2.24, 2.45) is 16.6 Å². The molecule has 2 heterocycles. The third-order valence-corrected chi connectivity index (χ3v) is 5.65. The summed E-state index contributed by atoms with van der Waals surface area (Å²) in [5.74, 6) is 5.58. The van der Waals surface area contributed by atoms with Crippen LogP contribution in [0.15, 0.2) is 35.6 Å². The second-order valence-electron chi connectivity index (χ2n) is 7.25. The van der Waals surface area contributed by atoms with E-state index in [1.165, 1.54) is 42.4 Å². The molecule has 4 rings (SSSR count). The standard InChI is InChI=1S/C22H20F2N4S/c1-13-8-20(28-22(25)29-13)17-9-15(5-7-18(17)23)10-19(24)21-12-26-16(11-27-21)6-4-14-2-3-14/h5,7,9-14,20H,2-3,8H2,1H3,(H2,25,28)/b19-10-. The van der Waals surface area contributed by atoms with Crippen molar-refractivity contribution in [2.75, 3.05) is 0 Å². The number of amidine groups is 1. The first kappa shape index (κ1) is 19.6. The van der Waals surface area contributed by atoms with E-state index < -0.39 is 5.83 Å². The molecule has 2 unspecified atom stereocenters. The van der Waals surface area contributed by atoms with Crippen molar-refractivity contribution in [3.05, 3.63) is 58.9 Å². The molecule has 1 aromatic carbocycles. The number of hydrogen-bond donors (Lipinski definition) is 1. The van der Waals surface area contributed by atoms with Gasteiger partial charge in [0.1, 0.15) is 17.2 Å². The zero-order valence-electron chi connectivity index (χ0n) is 15.9. The lowest BCUT2D eigenvalue weighted by molar-refractivity contribution is 0.562. The van der Waals surface area contributed by atoms with Crippen LogP contribution in [0, 0.1) is 23.6 Å². The van der Waals surface area contributed by atoms with Crippen LogP contribution in [-0.4, -0.2) is 20.4 Å². The van der Waals surface area contributed by atoms with Gasteiger partial charge in [0, 0.05) is 16.7 Å². The molecule has 0 saturated heterocycles. The van der Waals surface area contributed by atoms with Crippen molar-refractivity contribution in [1.29, 1.82) is 0 Å². The molecule has 0 amide bonds. The van der Waals surface area contributed by atoms with E-state index >= 15 is 0 Å². The van der Waals surface area contributed by atoms with Crippen LogP contribution >= 0.6 is 11.8 Å². The van der Waals surface area contributed by atoms with Crippen LogP contribution < -0.4 is 5.73 Å². The highest BCUT2D eigenvalue weighted by atomic mass is 32.2. The van der Waals surface area contributed by atoms with Crippen LogP contribution in [0.25, 0.3) is 11.9 Å². The van der Waals surface area contributed by atoms with Gasteiger partial charge in [-0.05, 0) is 49.0 Å².